The number of carbonyl (C=O) groups is 2. The standard InChI is InChI=1S/C19H20N2O3/c1-24-19(13-6-3-2-4-7-13)21-18(23)15-9-5-8-14(17(20)22)16(15)12-10-11-12/h2-9,12,19H,10-11H2,1H3,(H2,20,22)(H,21,23). The number of ether oxygens (including phenoxy) is 1. The van der Waals surface area contributed by atoms with Gasteiger partial charge in [0, 0.05) is 23.8 Å². The Kier molecular flexibility index (Phi) is 4.62. The Labute approximate surface area is 140 Å². The number of benzene rings is 2. The van der Waals surface area contributed by atoms with E-state index in [0.717, 1.165) is 24.0 Å². The summed E-state index contributed by atoms with van der Waals surface area (Å²) in [6, 6.07) is 14.5. The van der Waals surface area contributed by atoms with Crippen LogP contribution in [0.5, 0.6) is 0 Å². The van der Waals surface area contributed by atoms with Crippen molar-refractivity contribution in [2.24, 2.45) is 5.73 Å². The Balaban J connectivity index is 1.90. The number of hydrogen-bond donors (Lipinski definition) is 2. The fourth-order valence-corrected chi connectivity index (χ4v) is 2.89. The molecule has 5 nitrogen and oxygen atoms in total. The first-order valence-electron chi connectivity index (χ1n) is 7.93. The summed E-state index contributed by atoms with van der Waals surface area (Å²) in [6.45, 7) is 0. The predicted molar refractivity (Wildman–Crippen MR) is 90.6 cm³/mol. The van der Waals surface area contributed by atoms with Gasteiger partial charge in [-0.25, -0.2) is 0 Å². The molecule has 0 aromatic heterocycles. The van der Waals surface area contributed by atoms with Gasteiger partial charge < -0.3 is 15.8 Å². The monoisotopic (exact) mass is 324 g/mol. The molecule has 0 radical (unpaired) electrons. The largest absolute Gasteiger partial charge is 0.366 e. The van der Waals surface area contributed by atoms with Crippen molar-refractivity contribution in [2.75, 3.05) is 7.11 Å². The van der Waals surface area contributed by atoms with Gasteiger partial charge in [-0.1, -0.05) is 36.4 Å². The van der Waals surface area contributed by atoms with Crippen LogP contribution in [0.1, 0.15) is 56.8 Å². The fraction of sp³-hybridized carbons (Fsp3) is 0.263. The van der Waals surface area contributed by atoms with Gasteiger partial charge in [0.15, 0.2) is 6.23 Å². The first kappa shape index (κ1) is 16.2. The van der Waals surface area contributed by atoms with Gasteiger partial charge in [0.1, 0.15) is 0 Å². The molecular formula is C19H20N2O3. The third-order valence-corrected chi connectivity index (χ3v) is 4.20. The third-order valence-electron chi connectivity index (χ3n) is 4.20. The number of nitrogens with one attached hydrogen (secondary N) is 1. The molecular weight excluding hydrogens is 304 g/mol. The molecule has 0 bridgehead atoms. The zero-order valence-electron chi connectivity index (χ0n) is 13.5. The minimum Gasteiger partial charge on any atom is -0.366 e. The van der Waals surface area contributed by atoms with E-state index in [4.69, 9.17) is 10.5 Å². The fourth-order valence-electron chi connectivity index (χ4n) is 2.89. The summed E-state index contributed by atoms with van der Waals surface area (Å²) in [5.41, 5.74) is 8.00. The van der Waals surface area contributed by atoms with Crippen LogP contribution in [0.3, 0.4) is 0 Å². The smallest absolute Gasteiger partial charge is 0.253 e. The molecule has 2 amide bonds. The van der Waals surface area contributed by atoms with Crippen molar-refractivity contribution in [3.8, 4) is 0 Å². The molecule has 1 atom stereocenters. The van der Waals surface area contributed by atoms with Crippen molar-refractivity contribution in [3.05, 3.63) is 70.8 Å². The summed E-state index contributed by atoms with van der Waals surface area (Å²) in [5.74, 6) is -0.541. The number of amides is 2. The molecule has 2 aromatic rings. The van der Waals surface area contributed by atoms with Crippen molar-refractivity contribution in [3.63, 3.8) is 0 Å². The van der Waals surface area contributed by atoms with E-state index in [-0.39, 0.29) is 11.8 Å². The van der Waals surface area contributed by atoms with E-state index in [1.807, 2.05) is 30.3 Å². The van der Waals surface area contributed by atoms with Crippen LogP contribution in [0, 0.1) is 0 Å². The maximum absolute atomic E-state index is 12.8. The van der Waals surface area contributed by atoms with Crippen LogP contribution >= 0.6 is 0 Å². The lowest BCUT2D eigenvalue weighted by Crippen LogP contribution is -2.31. The lowest BCUT2D eigenvalue weighted by atomic mass is 9.96. The van der Waals surface area contributed by atoms with Gasteiger partial charge in [-0.15, -0.1) is 0 Å². The van der Waals surface area contributed by atoms with E-state index in [0.29, 0.717) is 11.1 Å². The minimum absolute atomic E-state index is 0.229. The average Bonchev–Trinajstić information content (AvgIpc) is 3.44. The first-order chi connectivity index (χ1) is 11.6. The quantitative estimate of drug-likeness (QED) is 0.802. The summed E-state index contributed by atoms with van der Waals surface area (Å²) >= 11 is 0. The molecule has 5 heteroatoms. The highest BCUT2D eigenvalue weighted by Crippen LogP contribution is 2.43. The number of nitrogens with two attached hydrogens (primary N) is 1. The number of carbonyl (C=O) groups excluding carboxylic acids is 2. The molecule has 0 spiro atoms. The summed E-state index contributed by atoms with van der Waals surface area (Å²) in [6.07, 6.45) is 1.39. The van der Waals surface area contributed by atoms with E-state index in [2.05, 4.69) is 5.32 Å². The van der Waals surface area contributed by atoms with E-state index in [1.54, 1.807) is 25.3 Å². The number of methoxy groups -OCH3 is 1. The second-order valence-corrected chi connectivity index (χ2v) is 5.91. The molecule has 1 fully saturated rings. The summed E-state index contributed by atoms with van der Waals surface area (Å²) < 4.78 is 5.40. The molecule has 0 saturated heterocycles. The van der Waals surface area contributed by atoms with E-state index in [9.17, 15) is 9.59 Å². The maximum Gasteiger partial charge on any atom is 0.253 e. The molecule has 2 aromatic carbocycles. The van der Waals surface area contributed by atoms with Gasteiger partial charge >= 0.3 is 0 Å². The summed E-state index contributed by atoms with van der Waals surface area (Å²) in [5, 5.41) is 2.88. The van der Waals surface area contributed by atoms with Crippen LogP contribution in [0.25, 0.3) is 0 Å². The van der Waals surface area contributed by atoms with Crippen LogP contribution < -0.4 is 11.1 Å². The Morgan fingerprint density at radius 2 is 1.75 bits per heavy atom. The highest BCUT2D eigenvalue weighted by atomic mass is 16.5. The van der Waals surface area contributed by atoms with Crippen molar-refractivity contribution >= 4 is 11.8 Å². The molecule has 24 heavy (non-hydrogen) atoms. The van der Waals surface area contributed by atoms with E-state index in [1.165, 1.54) is 0 Å². The Hall–Kier alpha value is -2.66. The van der Waals surface area contributed by atoms with Crippen LogP contribution in [0.2, 0.25) is 0 Å². The minimum atomic E-state index is -0.553. The Bertz CT molecular complexity index is 754. The lowest BCUT2D eigenvalue weighted by Gasteiger charge is -2.19. The van der Waals surface area contributed by atoms with Crippen LogP contribution in [-0.4, -0.2) is 18.9 Å². The first-order valence-corrected chi connectivity index (χ1v) is 7.93. The van der Waals surface area contributed by atoms with E-state index >= 15 is 0 Å². The van der Waals surface area contributed by atoms with Crippen LogP contribution in [0.15, 0.2) is 48.5 Å². The topological polar surface area (TPSA) is 81.4 Å². The van der Waals surface area contributed by atoms with Gasteiger partial charge in [-0.05, 0) is 36.5 Å². The number of primary amides is 1. The molecule has 3 N–H and O–H groups in total. The average molecular weight is 324 g/mol. The lowest BCUT2D eigenvalue weighted by molar-refractivity contribution is 0.0574. The van der Waals surface area contributed by atoms with Crippen LogP contribution in [0.4, 0.5) is 0 Å². The zero-order chi connectivity index (χ0) is 17.1. The molecule has 124 valence electrons. The molecule has 1 aliphatic rings. The summed E-state index contributed by atoms with van der Waals surface area (Å²) in [4.78, 5) is 24.5. The van der Waals surface area contributed by atoms with Crippen molar-refractivity contribution in [1.82, 2.24) is 5.32 Å². The molecule has 1 aliphatic carbocycles. The highest BCUT2D eigenvalue weighted by Gasteiger charge is 2.32. The van der Waals surface area contributed by atoms with Gasteiger partial charge in [-0.3, -0.25) is 9.59 Å². The molecule has 3 rings (SSSR count). The SMILES string of the molecule is COC(NC(=O)c1cccc(C(N)=O)c1C1CC1)c1ccccc1. The maximum atomic E-state index is 12.8. The molecule has 0 aliphatic heterocycles. The van der Waals surface area contributed by atoms with Crippen molar-refractivity contribution < 1.29 is 14.3 Å². The highest BCUT2D eigenvalue weighted by molar-refractivity contribution is 6.02. The second-order valence-electron chi connectivity index (χ2n) is 5.91. The zero-order valence-corrected chi connectivity index (χ0v) is 13.5. The number of rotatable bonds is 6. The predicted octanol–water partition coefficient (Wildman–Crippen LogP) is 2.74. The normalized spacial score (nSPS) is 14.9. The van der Waals surface area contributed by atoms with Gasteiger partial charge in [0.05, 0.1) is 0 Å². The summed E-state index contributed by atoms with van der Waals surface area (Å²) in [7, 11) is 1.54. The van der Waals surface area contributed by atoms with Gasteiger partial charge in [0.25, 0.3) is 5.91 Å². The third kappa shape index (κ3) is 3.31. The van der Waals surface area contributed by atoms with Crippen LogP contribution in [-0.2, 0) is 4.74 Å². The van der Waals surface area contributed by atoms with Crippen molar-refractivity contribution in [2.45, 2.75) is 25.0 Å². The molecule has 1 saturated carbocycles. The van der Waals surface area contributed by atoms with Gasteiger partial charge in [-0.2, -0.15) is 0 Å². The Morgan fingerprint density at radius 3 is 2.33 bits per heavy atom. The molecule has 0 heterocycles. The van der Waals surface area contributed by atoms with E-state index < -0.39 is 12.1 Å². The van der Waals surface area contributed by atoms with Gasteiger partial charge in [0.2, 0.25) is 5.91 Å². The Morgan fingerprint density at radius 1 is 1.08 bits per heavy atom. The number of hydrogen-bond acceptors (Lipinski definition) is 3. The van der Waals surface area contributed by atoms with Crippen molar-refractivity contribution in [1.29, 1.82) is 0 Å². The molecule has 1 unspecified atom stereocenters. The second kappa shape index (κ2) is 6.84.